The van der Waals surface area contributed by atoms with Crippen molar-refractivity contribution in [3.8, 4) is 0 Å². The molecule has 0 aliphatic rings. The molecule has 146 valence electrons. The van der Waals surface area contributed by atoms with Crippen LogP contribution < -0.4 is 0 Å². The topological polar surface area (TPSA) is 0 Å². The summed E-state index contributed by atoms with van der Waals surface area (Å²) in [6, 6.07) is 0. The van der Waals surface area contributed by atoms with Crippen LogP contribution in [0, 0.1) is 0 Å². The molecule has 0 saturated carbocycles. The van der Waals surface area contributed by atoms with Crippen LogP contribution in [0.5, 0.6) is 0 Å². The van der Waals surface area contributed by atoms with E-state index in [9.17, 15) is 39.5 Å². The molecule has 0 radical (unpaired) electrons. The summed E-state index contributed by atoms with van der Waals surface area (Å²) in [6.07, 6.45) is -4.83. The Labute approximate surface area is 148 Å². The maximum Gasteiger partial charge on any atom is 0.460 e. The van der Waals surface area contributed by atoms with Crippen molar-refractivity contribution in [3.63, 3.8) is 0 Å². The van der Waals surface area contributed by atoms with Gasteiger partial charge in [-0.1, -0.05) is 68.5 Å². The predicted octanol–water partition coefficient (Wildman–Crippen LogP) is 7.40. The molecule has 0 aromatic rings. The van der Waals surface area contributed by atoms with Crippen LogP contribution in [-0.4, -0.2) is 27.4 Å². The van der Waals surface area contributed by atoms with E-state index >= 15 is 0 Å². The van der Waals surface area contributed by atoms with E-state index in [2.05, 4.69) is 0 Å². The Kier molecular flexibility index (Phi) is 8.23. The Bertz CT molecular complexity index is 388. The van der Waals surface area contributed by atoms with E-state index in [0.717, 1.165) is 26.2 Å². The number of alkyl halides is 10. The van der Waals surface area contributed by atoms with Gasteiger partial charge in [0, 0.05) is 9.84 Å². The van der Waals surface area contributed by atoms with E-state index in [1.807, 2.05) is 6.92 Å². The van der Waals surface area contributed by atoms with Crippen LogP contribution in [-0.2, 0) is 0 Å². The summed E-state index contributed by atoms with van der Waals surface area (Å²) in [5.74, 6) is -18.8. The van der Waals surface area contributed by atoms with Gasteiger partial charge in [0.1, 0.15) is 0 Å². The summed E-state index contributed by atoms with van der Waals surface area (Å²) in [6.45, 7) is 3.09. The third-order valence-electron chi connectivity index (χ3n) is 3.60. The van der Waals surface area contributed by atoms with Gasteiger partial charge in [-0.2, -0.15) is 39.5 Å². The van der Waals surface area contributed by atoms with Crippen LogP contribution in [0.15, 0.2) is 0 Å². The minimum atomic E-state index is -6.81. The van der Waals surface area contributed by atoms with Gasteiger partial charge in [0.05, 0.1) is 0 Å². The standard InChI is InChI=1S/C14H20F9I/c1-3-4-5-6-7-8-10(2,24)9-11(15,16)12(17,18)13(19,20)14(21,22)23/h3-9H2,1-2H3. The van der Waals surface area contributed by atoms with Crippen molar-refractivity contribution >= 4 is 22.6 Å². The molecule has 0 heterocycles. The van der Waals surface area contributed by atoms with E-state index in [1.54, 1.807) is 0 Å². The SMILES string of the molecule is CCCCCCCC(C)(I)CC(F)(F)C(F)(F)C(F)(F)C(F)(F)F. The Hall–Kier alpha value is 0.1000. The van der Waals surface area contributed by atoms with Gasteiger partial charge >= 0.3 is 23.9 Å². The van der Waals surface area contributed by atoms with Crippen molar-refractivity contribution in [2.24, 2.45) is 0 Å². The smallest absolute Gasteiger partial charge is 0.200 e. The maximum atomic E-state index is 13.6. The molecule has 0 aromatic heterocycles. The highest BCUT2D eigenvalue weighted by Gasteiger charge is 2.81. The molecule has 10 heteroatoms. The van der Waals surface area contributed by atoms with Crippen molar-refractivity contribution in [1.29, 1.82) is 0 Å². The van der Waals surface area contributed by atoms with Crippen LogP contribution in [0.25, 0.3) is 0 Å². The van der Waals surface area contributed by atoms with E-state index in [4.69, 9.17) is 0 Å². The molecule has 0 aliphatic heterocycles. The summed E-state index contributed by atoms with van der Waals surface area (Å²) < 4.78 is 114. The number of unbranched alkanes of at least 4 members (excludes halogenated alkanes) is 4. The Morgan fingerprint density at radius 3 is 1.58 bits per heavy atom. The molecule has 0 bridgehead atoms. The highest BCUT2D eigenvalue weighted by atomic mass is 127. The lowest BCUT2D eigenvalue weighted by atomic mass is 9.91. The maximum absolute atomic E-state index is 13.6. The lowest BCUT2D eigenvalue weighted by molar-refractivity contribution is -0.397. The average molecular weight is 486 g/mol. The van der Waals surface area contributed by atoms with E-state index < -0.39 is 33.8 Å². The zero-order valence-electron chi connectivity index (χ0n) is 13.2. The first-order chi connectivity index (χ1) is 10.5. The van der Waals surface area contributed by atoms with Gasteiger partial charge < -0.3 is 0 Å². The molecule has 0 amide bonds. The molecule has 0 nitrogen and oxygen atoms in total. The minimum absolute atomic E-state index is 0.0144. The molecule has 0 aromatic carbocycles. The monoisotopic (exact) mass is 486 g/mol. The predicted molar refractivity (Wildman–Crippen MR) is 81.3 cm³/mol. The zero-order valence-corrected chi connectivity index (χ0v) is 15.4. The summed E-state index contributed by atoms with van der Waals surface area (Å²) >= 11 is 1.41. The van der Waals surface area contributed by atoms with Gasteiger partial charge in [-0.3, -0.25) is 0 Å². The number of hydrogen-bond donors (Lipinski definition) is 0. The molecule has 0 rings (SSSR count). The fraction of sp³-hybridized carbons (Fsp3) is 1.00. The summed E-state index contributed by atoms with van der Waals surface area (Å²) in [4.78, 5) is 0. The second-order valence-corrected chi connectivity index (χ2v) is 8.71. The summed E-state index contributed by atoms with van der Waals surface area (Å²) in [5, 5.41) is 0. The summed E-state index contributed by atoms with van der Waals surface area (Å²) in [5.41, 5.74) is 0. The lowest BCUT2D eigenvalue weighted by Crippen LogP contribution is -2.61. The van der Waals surface area contributed by atoms with Crippen LogP contribution >= 0.6 is 22.6 Å². The van der Waals surface area contributed by atoms with Gasteiger partial charge in [0.2, 0.25) is 0 Å². The molecular formula is C14H20F9I. The van der Waals surface area contributed by atoms with E-state index in [1.165, 1.54) is 22.6 Å². The fourth-order valence-electron chi connectivity index (χ4n) is 2.17. The number of hydrogen-bond acceptors (Lipinski definition) is 0. The molecule has 0 aliphatic carbocycles. The van der Waals surface area contributed by atoms with Crippen molar-refractivity contribution < 1.29 is 39.5 Å². The molecule has 0 fully saturated rings. The average Bonchev–Trinajstić information content (AvgIpc) is 2.35. The van der Waals surface area contributed by atoms with Crippen LogP contribution in [0.3, 0.4) is 0 Å². The van der Waals surface area contributed by atoms with Crippen LogP contribution in [0.4, 0.5) is 39.5 Å². The minimum Gasteiger partial charge on any atom is -0.200 e. The Morgan fingerprint density at radius 1 is 0.708 bits per heavy atom. The zero-order chi connectivity index (χ0) is 19.4. The molecular weight excluding hydrogens is 466 g/mol. The van der Waals surface area contributed by atoms with Gasteiger partial charge in [-0.05, 0) is 6.42 Å². The second kappa shape index (κ2) is 8.20. The highest BCUT2D eigenvalue weighted by molar-refractivity contribution is 14.1. The fourth-order valence-corrected chi connectivity index (χ4v) is 3.03. The molecule has 0 N–H and O–H groups in total. The van der Waals surface area contributed by atoms with Crippen molar-refractivity contribution in [1.82, 2.24) is 0 Å². The number of halogens is 10. The van der Waals surface area contributed by atoms with E-state index in [-0.39, 0.29) is 6.42 Å². The molecule has 1 atom stereocenters. The Morgan fingerprint density at radius 2 is 1.17 bits per heavy atom. The number of rotatable bonds is 10. The first-order valence-corrected chi connectivity index (χ1v) is 8.49. The Balaban J connectivity index is 5.04. The largest absolute Gasteiger partial charge is 0.460 e. The highest BCUT2D eigenvalue weighted by Crippen LogP contribution is 2.56. The van der Waals surface area contributed by atoms with Crippen molar-refractivity contribution in [2.75, 3.05) is 0 Å². The molecule has 24 heavy (non-hydrogen) atoms. The third kappa shape index (κ3) is 5.82. The van der Waals surface area contributed by atoms with Crippen molar-refractivity contribution in [2.45, 2.75) is 86.2 Å². The summed E-state index contributed by atoms with van der Waals surface area (Å²) in [7, 11) is 0. The second-order valence-electron chi connectivity index (χ2n) is 6.11. The quantitative estimate of drug-likeness (QED) is 0.131. The molecule has 0 saturated heterocycles. The van der Waals surface area contributed by atoms with Crippen LogP contribution in [0.1, 0.15) is 58.8 Å². The lowest BCUT2D eigenvalue weighted by Gasteiger charge is -2.37. The van der Waals surface area contributed by atoms with Crippen LogP contribution in [0.2, 0.25) is 0 Å². The van der Waals surface area contributed by atoms with Gasteiger partial charge in [0.25, 0.3) is 0 Å². The van der Waals surface area contributed by atoms with Crippen molar-refractivity contribution in [3.05, 3.63) is 0 Å². The van der Waals surface area contributed by atoms with Gasteiger partial charge in [-0.15, -0.1) is 0 Å². The first kappa shape index (κ1) is 24.1. The third-order valence-corrected chi connectivity index (χ3v) is 4.52. The normalized spacial score (nSPS) is 17.0. The van der Waals surface area contributed by atoms with Gasteiger partial charge in [0.15, 0.2) is 0 Å². The molecule has 0 spiro atoms. The van der Waals surface area contributed by atoms with E-state index in [0.29, 0.717) is 12.8 Å². The molecule has 1 unspecified atom stereocenters. The van der Waals surface area contributed by atoms with Gasteiger partial charge in [-0.25, -0.2) is 0 Å². The first-order valence-electron chi connectivity index (χ1n) is 7.41.